The van der Waals surface area contributed by atoms with E-state index in [4.69, 9.17) is 16.6 Å². The van der Waals surface area contributed by atoms with E-state index in [-0.39, 0.29) is 36.5 Å². The number of nitrogens with zero attached hydrogens (tertiary/aromatic N) is 5. The second-order valence-electron chi connectivity index (χ2n) is 4.28. The summed E-state index contributed by atoms with van der Waals surface area (Å²) >= 11 is 0. The molecule has 0 radical (unpaired) electrons. The lowest BCUT2D eigenvalue weighted by molar-refractivity contribution is -0.138. The van der Waals surface area contributed by atoms with Gasteiger partial charge < -0.3 is 16.6 Å². The molecule has 5 N–H and O–H groups in total. The number of aryl methyl sites for hydroxylation is 1. The monoisotopic (exact) mass is 325 g/mol. The highest BCUT2D eigenvalue weighted by Gasteiger charge is 2.13. The third-order valence-electron chi connectivity index (χ3n) is 2.58. The zero-order chi connectivity index (χ0) is 17.6. The molecule has 23 heavy (non-hydrogen) atoms. The van der Waals surface area contributed by atoms with E-state index >= 15 is 0 Å². The number of nitrogens with two attached hydrogens (primary N) is 2. The van der Waals surface area contributed by atoms with E-state index in [0.717, 1.165) is 9.08 Å². The minimum Gasteiger partial charge on any atom is -0.481 e. The second-order valence-corrected chi connectivity index (χ2v) is 4.28. The highest BCUT2D eigenvalue weighted by atomic mass is 16.4. The van der Waals surface area contributed by atoms with E-state index in [9.17, 15) is 19.2 Å². The van der Waals surface area contributed by atoms with Crippen LogP contribution in [-0.4, -0.2) is 53.7 Å². The Bertz CT molecular complexity index is 794. The normalized spacial score (nSPS) is 10.0. The topological polar surface area (TPSA) is 189 Å². The number of carboxylic acids is 1. The van der Waals surface area contributed by atoms with Crippen LogP contribution in [0, 0.1) is 0 Å². The molecule has 0 saturated heterocycles. The van der Waals surface area contributed by atoms with Crippen LogP contribution in [0.1, 0.15) is 23.3 Å². The summed E-state index contributed by atoms with van der Waals surface area (Å²) in [4.78, 5) is 46.1. The van der Waals surface area contributed by atoms with Gasteiger partial charge >= 0.3 is 11.7 Å². The standard InChI is InChI=1S/C6H6N6O2.C5H9NO3/c1-11-6(14)12-2-8-3(4(7)13)5(12)9-10-11;6-3-4(7)1-2-5(8)9/h2H,1H3,(H2,7,13);1-3,6H2,(H,8,9). The summed E-state index contributed by atoms with van der Waals surface area (Å²) in [6, 6.07) is 0. The maximum absolute atomic E-state index is 11.4. The summed E-state index contributed by atoms with van der Waals surface area (Å²) in [6.07, 6.45) is 1.12. The number of aliphatic carboxylic acids is 1. The molecule has 0 aliphatic carbocycles. The van der Waals surface area contributed by atoms with Crippen molar-refractivity contribution in [3.8, 4) is 0 Å². The van der Waals surface area contributed by atoms with Gasteiger partial charge in [-0.15, -0.1) is 5.10 Å². The van der Waals surface area contributed by atoms with E-state index < -0.39 is 17.6 Å². The van der Waals surface area contributed by atoms with Gasteiger partial charge in [0.2, 0.25) is 0 Å². The first kappa shape index (κ1) is 17.9. The first-order valence-electron chi connectivity index (χ1n) is 6.28. The van der Waals surface area contributed by atoms with Crippen LogP contribution < -0.4 is 17.2 Å². The van der Waals surface area contributed by atoms with Crippen LogP contribution in [0.25, 0.3) is 5.65 Å². The molecule has 2 aromatic heterocycles. The molecule has 0 fully saturated rings. The largest absolute Gasteiger partial charge is 0.481 e. The molecule has 2 heterocycles. The molecule has 2 rings (SSSR count). The number of imidazole rings is 1. The molecule has 0 spiro atoms. The van der Waals surface area contributed by atoms with Gasteiger partial charge in [-0.05, 0) is 0 Å². The summed E-state index contributed by atoms with van der Waals surface area (Å²) in [6.45, 7) is -0.0622. The minimum absolute atomic E-state index is 0.0475. The summed E-state index contributed by atoms with van der Waals surface area (Å²) in [5.74, 6) is -1.91. The van der Waals surface area contributed by atoms with Gasteiger partial charge in [0.25, 0.3) is 5.91 Å². The Labute approximate surface area is 128 Å². The number of primary amides is 1. The number of carbonyl (C=O) groups is 3. The van der Waals surface area contributed by atoms with Crippen LogP contribution in [0.4, 0.5) is 0 Å². The number of fused-ring (bicyclic) bond motifs is 1. The number of aromatic nitrogens is 5. The average Bonchev–Trinajstić information content (AvgIpc) is 2.94. The smallest absolute Gasteiger partial charge is 0.352 e. The van der Waals surface area contributed by atoms with Gasteiger partial charge in [0.15, 0.2) is 11.3 Å². The number of hydrogen-bond acceptors (Lipinski definition) is 8. The second kappa shape index (κ2) is 7.74. The Balaban J connectivity index is 0.000000257. The van der Waals surface area contributed by atoms with Crippen molar-refractivity contribution in [1.29, 1.82) is 0 Å². The van der Waals surface area contributed by atoms with Crippen LogP contribution in [0.15, 0.2) is 11.1 Å². The van der Waals surface area contributed by atoms with Gasteiger partial charge in [-0.1, -0.05) is 5.21 Å². The molecule has 0 saturated carbocycles. The van der Waals surface area contributed by atoms with Crippen molar-refractivity contribution >= 4 is 23.3 Å². The van der Waals surface area contributed by atoms with Crippen molar-refractivity contribution in [3.05, 3.63) is 22.5 Å². The molecule has 12 nitrogen and oxygen atoms in total. The third kappa shape index (κ3) is 4.67. The zero-order valence-corrected chi connectivity index (χ0v) is 12.2. The van der Waals surface area contributed by atoms with Crippen LogP contribution in [0.2, 0.25) is 0 Å². The fourth-order valence-electron chi connectivity index (χ4n) is 1.40. The number of amides is 1. The Hall–Kier alpha value is -3.15. The molecule has 1 amide bonds. The molecule has 0 bridgehead atoms. The third-order valence-corrected chi connectivity index (χ3v) is 2.58. The predicted molar refractivity (Wildman–Crippen MR) is 75.5 cm³/mol. The van der Waals surface area contributed by atoms with Crippen LogP contribution in [-0.2, 0) is 16.6 Å². The van der Waals surface area contributed by atoms with Crippen molar-refractivity contribution in [1.82, 2.24) is 24.4 Å². The van der Waals surface area contributed by atoms with E-state index in [1.54, 1.807) is 0 Å². The van der Waals surface area contributed by atoms with Crippen molar-refractivity contribution in [2.24, 2.45) is 18.5 Å². The molecular weight excluding hydrogens is 310 g/mol. The molecule has 0 unspecified atom stereocenters. The summed E-state index contributed by atoms with van der Waals surface area (Å²) < 4.78 is 2.13. The fraction of sp³-hybridized carbons (Fsp3) is 0.364. The molecule has 2 aromatic rings. The van der Waals surface area contributed by atoms with Gasteiger partial charge in [-0.25, -0.2) is 14.2 Å². The maximum atomic E-state index is 11.4. The average molecular weight is 325 g/mol. The Morgan fingerprint density at radius 3 is 2.48 bits per heavy atom. The molecule has 0 aliphatic rings. The summed E-state index contributed by atoms with van der Waals surface area (Å²) in [5.41, 5.74) is 9.51. The SMILES string of the molecule is Cn1nnc2c(C(N)=O)ncn2c1=O.NCC(=O)CCC(=O)O. The van der Waals surface area contributed by atoms with E-state index in [2.05, 4.69) is 15.3 Å². The molecule has 12 heteroatoms. The van der Waals surface area contributed by atoms with E-state index in [1.807, 2.05) is 0 Å². The number of ketones is 1. The first-order valence-corrected chi connectivity index (χ1v) is 6.28. The predicted octanol–water partition coefficient (Wildman–Crippen LogP) is -2.70. The van der Waals surface area contributed by atoms with Gasteiger partial charge in [-0.3, -0.25) is 14.4 Å². The lowest BCUT2D eigenvalue weighted by Gasteiger charge is -1.95. The Kier molecular flexibility index (Phi) is 6.03. The zero-order valence-electron chi connectivity index (χ0n) is 12.2. The highest BCUT2D eigenvalue weighted by molar-refractivity contribution is 5.96. The Morgan fingerprint density at radius 2 is 1.96 bits per heavy atom. The van der Waals surface area contributed by atoms with Gasteiger partial charge in [0.1, 0.15) is 12.1 Å². The van der Waals surface area contributed by atoms with Crippen LogP contribution in [0.5, 0.6) is 0 Å². The molecule has 0 aliphatic heterocycles. The van der Waals surface area contributed by atoms with Gasteiger partial charge in [-0.2, -0.15) is 4.68 Å². The van der Waals surface area contributed by atoms with Crippen molar-refractivity contribution in [2.75, 3.05) is 6.54 Å². The lowest BCUT2D eigenvalue weighted by Crippen LogP contribution is -2.27. The number of carboxylic acid groups (broad SMARTS) is 1. The van der Waals surface area contributed by atoms with Crippen molar-refractivity contribution in [3.63, 3.8) is 0 Å². The summed E-state index contributed by atoms with van der Waals surface area (Å²) in [5, 5.41) is 15.2. The molecule has 0 aromatic carbocycles. The van der Waals surface area contributed by atoms with E-state index in [1.165, 1.54) is 13.4 Å². The lowest BCUT2D eigenvalue weighted by atomic mass is 10.2. The molecule has 0 atom stereocenters. The highest BCUT2D eigenvalue weighted by Crippen LogP contribution is 2.00. The number of rotatable bonds is 5. The molecular formula is C11H15N7O5. The number of hydrogen-bond donors (Lipinski definition) is 3. The number of Topliss-reactive ketones (excluding diaryl/α,β-unsaturated/α-hetero) is 1. The van der Waals surface area contributed by atoms with Crippen molar-refractivity contribution in [2.45, 2.75) is 12.8 Å². The summed E-state index contributed by atoms with van der Waals surface area (Å²) in [7, 11) is 1.44. The minimum atomic E-state index is -0.961. The fourth-order valence-corrected chi connectivity index (χ4v) is 1.40. The van der Waals surface area contributed by atoms with Crippen LogP contribution >= 0.6 is 0 Å². The maximum Gasteiger partial charge on any atom is 0.352 e. The van der Waals surface area contributed by atoms with E-state index in [0.29, 0.717) is 0 Å². The first-order chi connectivity index (χ1) is 10.8. The van der Waals surface area contributed by atoms with Crippen LogP contribution in [0.3, 0.4) is 0 Å². The van der Waals surface area contributed by atoms with Crippen molar-refractivity contribution < 1.29 is 19.5 Å². The van der Waals surface area contributed by atoms with Gasteiger partial charge in [0, 0.05) is 13.5 Å². The quantitative estimate of drug-likeness (QED) is 0.525. The number of carbonyl (C=O) groups excluding carboxylic acids is 2. The molecule has 124 valence electrons. The van der Waals surface area contributed by atoms with Gasteiger partial charge in [0.05, 0.1) is 13.0 Å². The Morgan fingerprint density at radius 1 is 1.30 bits per heavy atom.